The van der Waals surface area contributed by atoms with E-state index >= 15 is 0 Å². The topological polar surface area (TPSA) is 57.2 Å². The van der Waals surface area contributed by atoms with Gasteiger partial charge >= 0.3 is 51.4 Å². The molecule has 0 aromatic heterocycles. The Kier molecular flexibility index (Phi) is 6.06. The van der Waals surface area contributed by atoms with Crippen molar-refractivity contribution in [2.75, 3.05) is 0 Å². The Morgan fingerprint density at radius 3 is 1.50 bits per heavy atom. The molecule has 0 amide bonds. The molecular weight excluding hydrogens is 138 g/mol. The maximum Gasteiger partial charge on any atom is 1.00 e. The average Bonchev–Trinajstić information content (AvgIpc) is 0.722. The fraction of sp³-hybridized carbons (Fsp3) is 0. The smallest absolute Gasteiger partial charge is 0.722 e. The second-order valence-corrected chi connectivity index (χ2v) is 1.18. The third-order valence-electron chi connectivity index (χ3n) is 0. The van der Waals surface area contributed by atoms with Gasteiger partial charge in [0.05, 0.1) is 0 Å². The quantitative estimate of drug-likeness (QED) is 0.197. The van der Waals surface area contributed by atoms with E-state index in [1.54, 1.807) is 0 Å². The van der Waals surface area contributed by atoms with Crippen molar-refractivity contribution in [3.05, 3.63) is 0 Å². The molecule has 0 radical (unpaired) electrons. The molecule has 0 heterocycles. The van der Waals surface area contributed by atoms with E-state index < -0.39 is 10.5 Å². The van der Waals surface area contributed by atoms with E-state index in [0.29, 0.717) is 0 Å². The van der Waals surface area contributed by atoms with Gasteiger partial charge in [-0.05, 0) is 0 Å². The first-order valence-electron chi connectivity index (χ1n) is 0.654. The SMILES string of the molecule is O=S(=O)([O-])F.[K+]. The van der Waals surface area contributed by atoms with Crippen LogP contribution in [0, 0.1) is 0 Å². The first kappa shape index (κ1) is 10.5. The van der Waals surface area contributed by atoms with Crippen LogP contribution in [0.15, 0.2) is 0 Å². The minimum absolute atomic E-state index is 0. The summed E-state index contributed by atoms with van der Waals surface area (Å²) in [6.07, 6.45) is 0. The van der Waals surface area contributed by atoms with Gasteiger partial charge in [0.1, 0.15) is 0 Å². The van der Waals surface area contributed by atoms with Crippen LogP contribution in [-0.4, -0.2) is 13.0 Å². The minimum atomic E-state index is -5.42. The zero-order valence-electron chi connectivity index (χ0n) is 3.01. The number of halogens is 1. The Morgan fingerprint density at radius 2 is 1.50 bits per heavy atom. The normalized spacial score (nSPS) is 9.67. The predicted molar refractivity (Wildman–Crippen MR) is 10.8 cm³/mol. The summed E-state index contributed by atoms with van der Waals surface area (Å²) >= 11 is 0. The summed E-state index contributed by atoms with van der Waals surface area (Å²) < 4.78 is 35.3. The van der Waals surface area contributed by atoms with Crippen molar-refractivity contribution < 1.29 is 68.2 Å². The first-order valence-corrected chi connectivity index (χ1v) is 1.96. The fourth-order valence-electron chi connectivity index (χ4n) is 0. The van der Waals surface area contributed by atoms with E-state index in [2.05, 4.69) is 0 Å². The number of hydrogen-bond acceptors (Lipinski definition) is 3. The molecule has 0 aromatic rings. The third kappa shape index (κ3) is 50.3. The van der Waals surface area contributed by atoms with Crippen LogP contribution in [0.4, 0.5) is 3.89 Å². The summed E-state index contributed by atoms with van der Waals surface area (Å²) in [5.41, 5.74) is 0. The van der Waals surface area contributed by atoms with Gasteiger partial charge in [0.15, 0.2) is 0 Å². The van der Waals surface area contributed by atoms with Crippen LogP contribution in [0.5, 0.6) is 0 Å². The Balaban J connectivity index is 0. The summed E-state index contributed by atoms with van der Waals surface area (Å²) in [5, 5.41) is 0. The molecule has 0 spiro atoms. The molecule has 32 valence electrons. The molecule has 0 aliphatic carbocycles. The van der Waals surface area contributed by atoms with Gasteiger partial charge in [-0.1, -0.05) is 0 Å². The second kappa shape index (κ2) is 3.47. The molecule has 0 unspecified atom stereocenters. The Morgan fingerprint density at radius 1 is 1.50 bits per heavy atom. The largest absolute Gasteiger partial charge is 1.00 e. The van der Waals surface area contributed by atoms with E-state index in [1.165, 1.54) is 0 Å². The van der Waals surface area contributed by atoms with Crippen molar-refractivity contribution in [2.24, 2.45) is 0 Å². The Hall–Kier alpha value is 1.48. The summed E-state index contributed by atoms with van der Waals surface area (Å²) in [4.78, 5) is 0. The van der Waals surface area contributed by atoms with Crippen molar-refractivity contribution in [3.63, 3.8) is 0 Å². The van der Waals surface area contributed by atoms with E-state index in [4.69, 9.17) is 13.0 Å². The second-order valence-electron chi connectivity index (χ2n) is 0.393. The maximum atomic E-state index is 10.1. The molecule has 0 bridgehead atoms. The molecule has 0 N–H and O–H groups in total. The van der Waals surface area contributed by atoms with Crippen molar-refractivity contribution in [2.45, 2.75) is 0 Å². The molecule has 0 rings (SSSR count). The van der Waals surface area contributed by atoms with Crippen LogP contribution in [0.1, 0.15) is 0 Å². The average molecular weight is 138 g/mol. The van der Waals surface area contributed by atoms with Crippen molar-refractivity contribution in [1.29, 1.82) is 0 Å². The van der Waals surface area contributed by atoms with Gasteiger partial charge < -0.3 is 4.55 Å². The van der Waals surface area contributed by atoms with Gasteiger partial charge in [0.2, 0.25) is 0 Å². The number of rotatable bonds is 0. The van der Waals surface area contributed by atoms with Crippen molar-refractivity contribution in [1.82, 2.24) is 0 Å². The zero-order chi connectivity index (χ0) is 4.50. The summed E-state index contributed by atoms with van der Waals surface area (Å²) in [5.74, 6) is 0. The van der Waals surface area contributed by atoms with Crippen LogP contribution in [0.2, 0.25) is 0 Å². The first-order chi connectivity index (χ1) is 2.00. The van der Waals surface area contributed by atoms with Crippen LogP contribution < -0.4 is 51.4 Å². The summed E-state index contributed by atoms with van der Waals surface area (Å²) in [6.45, 7) is 0. The van der Waals surface area contributed by atoms with E-state index in [1.807, 2.05) is 0 Å². The van der Waals surface area contributed by atoms with Crippen LogP contribution in [0.3, 0.4) is 0 Å². The van der Waals surface area contributed by atoms with Crippen LogP contribution in [-0.2, 0) is 10.5 Å². The predicted octanol–water partition coefficient (Wildman–Crippen LogP) is -3.58. The van der Waals surface area contributed by atoms with Gasteiger partial charge in [-0.2, -0.15) is 0 Å². The van der Waals surface area contributed by atoms with Gasteiger partial charge in [0, 0.05) is 0 Å². The molecule has 0 atom stereocenters. The fourth-order valence-corrected chi connectivity index (χ4v) is 0. The van der Waals surface area contributed by atoms with E-state index in [9.17, 15) is 3.89 Å². The van der Waals surface area contributed by atoms with Crippen LogP contribution in [0.25, 0.3) is 0 Å². The van der Waals surface area contributed by atoms with E-state index in [-0.39, 0.29) is 51.4 Å². The Labute approximate surface area is 77.4 Å². The van der Waals surface area contributed by atoms with Crippen LogP contribution >= 0.6 is 0 Å². The molecule has 0 saturated carbocycles. The number of hydrogen-bond donors (Lipinski definition) is 0. The Bertz CT molecular complexity index is 94.0. The van der Waals surface area contributed by atoms with E-state index in [0.717, 1.165) is 0 Å². The maximum absolute atomic E-state index is 10.1. The molecule has 6 heteroatoms. The minimum Gasteiger partial charge on any atom is -0.722 e. The van der Waals surface area contributed by atoms with Gasteiger partial charge in [-0.3, -0.25) is 0 Å². The molecule has 0 fully saturated rings. The summed E-state index contributed by atoms with van der Waals surface area (Å²) in [6, 6.07) is 0. The molecule has 6 heavy (non-hydrogen) atoms. The third-order valence-corrected chi connectivity index (χ3v) is 0. The molecule has 3 nitrogen and oxygen atoms in total. The molecule has 0 aliphatic rings. The zero-order valence-corrected chi connectivity index (χ0v) is 6.95. The molecule has 0 saturated heterocycles. The van der Waals surface area contributed by atoms with Gasteiger partial charge in [0.25, 0.3) is 10.5 Å². The molecule has 0 aromatic carbocycles. The van der Waals surface area contributed by atoms with Crippen molar-refractivity contribution in [3.8, 4) is 0 Å². The molecular formula is FKO3S. The van der Waals surface area contributed by atoms with Gasteiger partial charge in [-0.25, -0.2) is 8.42 Å². The monoisotopic (exact) mass is 138 g/mol. The van der Waals surface area contributed by atoms with Gasteiger partial charge in [-0.15, -0.1) is 3.89 Å². The standard InChI is InChI=1S/FHO3S.K/c1-5(2,3)4;/h(H,2,3,4);/q;+1/p-1. The summed E-state index contributed by atoms with van der Waals surface area (Å²) in [7, 11) is -5.42. The van der Waals surface area contributed by atoms with Crippen molar-refractivity contribution >= 4 is 10.5 Å². The molecule has 0 aliphatic heterocycles.